The molecule has 1 atom stereocenters. The van der Waals surface area contributed by atoms with Gasteiger partial charge in [0, 0.05) is 11.4 Å². The van der Waals surface area contributed by atoms with E-state index >= 15 is 0 Å². The number of aromatic nitrogens is 2. The topological polar surface area (TPSA) is 70.7 Å². The number of benzene rings is 1. The first kappa shape index (κ1) is 15.9. The number of anilines is 1. The van der Waals surface area contributed by atoms with Crippen molar-refractivity contribution >= 4 is 34.2 Å². The van der Waals surface area contributed by atoms with Crippen LogP contribution in [-0.4, -0.2) is 15.5 Å². The number of hydrogen-bond acceptors (Lipinski definition) is 4. The van der Waals surface area contributed by atoms with Crippen molar-refractivity contribution in [2.75, 3.05) is 5.32 Å². The molecule has 4 rings (SSSR count). The molecule has 0 saturated heterocycles. The smallest absolute Gasteiger partial charge is 0.234 e. The van der Waals surface area contributed by atoms with E-state index in [2.05, 4.69) is 27.8 Å². The highest BCUT2D eigenvalue weighted by Crippen LogP contribution is 2.35. The summed E-state index contributed by atoms with van der Waals surface area (Å²) >= 11 is 1.74. The monoisotopic (exact) mass is 350 g/mol. The van der Waals surface area contributed by atoms with Crippen LogP contribution in [0.15, 0.2) is 29.6 Å². The van der Waals surface area contributed by atoms with E-state index in [0.717, 1.165) is 30.3 Å². The molecule has 1 N–H and O–H groups in total. The normalized spacial score (nSPS) is 16.4. The van der Waals surface area contributed by atoms with Crippen molar-refractivity contribution in [1.82, 2.24) is 9.55 Å². The summed E-state index contributed by atoms with van der Waals surface area (Å²) in [6, 6.07) is 9.63. The number of carbonyl (C=O) groups is 1. The number of rotatable bonds is 3. The second kappa shape index (κ2) is 6.34. The Morgan fingerprint density at radius 1 is 1.48 bits per heavy atom. The Morgan fingerprint density at radius 3 is 3.16 bits per heavy atom. The number of aryl methyl sites for hydroxylation is 2. The van der Waals surface area contributed by atoms with E-state index < -0.39 is 0 Å². The predicted molar refractivity (Wildman–Crippen MR) is 98.7 cm³/mol. The molecule has 2 aromatic heterocycles. The summed E-state index contributed by atoms with van der Waals surface area (Å²) in [5.74, 6) is 0.458. The minimum absolute atomic E-state index is 0.00450. The molecule has 0 saturated carbocycles. The number of hydrogen-bond donors (Lipinski definition) is 1. The average Bonchev–Trinajstić information content (AvgIpc) is 3.24. The van der Waals surface area contributed by atoms with Gasteiger partial charge >= 0.3 is 0 Å². The van der Waals surface area contributed by atoms with E-state index in [4.69, 9.17) is 5.26 Å². The van der Waals surface area contributed by atoms with Crippen molar-refractivity contribution in [2.45, 2.75) is 38.6 Å². The standard InChI is InChI=1S/C19H18N4OS/c1-2-23-16-7-6-12(11-20)10-15(16)21-19(23)22-18(24)14-4-3-5-17-13(14)8-9-25-17/h6-10,14H,2-5H2,1H3,(H,21,22,24). The summed E-state index contributed by atoms with van der Waals surface area (Å²) in [6.07, 6.45) is 2.99. The predicted octanol–water partition coefficient (Wildman–Crippen LogP) is 4.05. The fourth-order valence-corrected chi connectivity index (χ4v) is 4.56. The number of fused-ring (bicyclic) bond motifs is 2. The molecule has 0 radical (unpaired) electrons. The Kier molecular flexibility index (Phi) is 4.02. The van der Waals surface area contributed by atoms with Gasteiger partial charge in [-0.1, -0.05) is 0 Å². The third-order valence-electron chi connectivity index (χ3n) is 4.80. The van der Waals surface area contributed by atoms with Gasteiger partial charge in [-0.2, -0.15) is 5.26 Å². The quantitative estimate of drug-likeness (QED) is 0.775. The van der Waals surface area contributed by atoms with Crippen molar-refractivity contribution in [3.05, 3.63) is 45.6 Å². The van der Waals surface area contributed by atoms with Crippen LogP contribution >= 0.6 is 11.3 Å². The van der Waals surface area contributed by atoms with Crippen LogP contribution < -0.4 is 5.32 Å². The van der Waals surface area contributed by atoms with Crippen molar-refractivity contribution in [2.24, 2.45) is 0 Å². The summed E-state index contributed by atoms with van der Waals surface area (Å²) in [5.41, 5.74) is 3.40. The molecule has 2 heterocycles. The number of nitriles is 1. The Balaban J connectivity index is 1.67. The lowest BCUT2D eigenvalue weighted by molar-refractivity contribution is -0.117. The van der Waals surface area contributed by atoms with E-state index in [1.165, 1.54) is 10.4 Å². The molecule has 0 bridgehead atoms. The SMILES string of the molecule is CCn1c(NC(=O)C2CCCc3sccc32)nc2cc(C#N)ccc21. The van der Waals surface area contributed by atoms with Gasteiger partial charge in [-0.15, -0.1) is 11.3 Å². The van der Waals surface area contributed by atoms with Gasteiger partial charge in [0.1, 0.15) is 0 Å². The third-order valence-corrected chi connectivity index (χ3v) is 5.79. The van der Waals surface area contributed by atoms with Crippen LogP contribution in [0.4, 0.5) is 5.95 Å². The number of nitrogens with one attached hydrogen (secondary N) is 1. The maximum absolute atomic E-state index is 12.9. The summed E-state index contributed by atoms with van der Waals surface area (Å²) in [5, 5.41) is 14.2. The van der Waals surface area contributed by atoms with Crippen molar-refractivity contribution in [3.63, 3.8) is 0 Å². The van der Waals surface area contributed by atoms with Gasteiger partial charge < -0.3 is 4.57 Å². The van der Waals surface area contributed by atoms with Crippen LogP contribution in [0.5, 0.6) is 0 Å². The highest BCUT2D eigenvalue weighted by atomic mass is 32.1. The molecule has 0 spiro atoms. The fourth-order valence-electron chi connectivity index (χ4n) is 3.57. The Hall–Kier alpha value is -2.65. The van der Waals surface area contributed by atoms with Gasteiger partial charge in [0.2, 0.25) is 11.9 Å². The molecule has 1 aliphatic rings. The zero-order valence-corrected chi connectivity index (χ0v) is 14.8. The second-order valence-corrected chi connectivity index (χ2v) is 7.23. The van der Waals surface area contributed by atoms with Gasteiger partial charge in [0.15, 0.2) is 0 Å². The van der Waals surface area contributed by atoms with Gasteiger partial charge in [-0.3, -0.25) is 10.1 Å². The summed E-state index contributed by atoms with van der Waals surface area (Å²) in [6.45, 7) is 2.72. The molecular formula is C19H18N4OS. The Morgan fingerprint density at radius 2 is 2.36 bits per heavy atom. The van der Waals surface area contributed by atoms with Crippen LogP contribution in [0, 0.1) is 11.3 Å². The maximum atomic E-state index is 12.9. The highest BCUT2D eigenvalue weighted by molar-refractivity contribution is 7.10. The van der Waals surface area contributed by atoms with Crippen LogP contribution in [0.1, 0.15) is 41.7 Å². The maximum Gasteiger partial charge on any atom is 0.234 e. The summed E-state index contributed by atoms with van der Waals surface area (Å²) < 4.78 is 1.98. The average molecular weight is 350 g/mol. The number of carbonyl (C=O) groups excluding carboxylic acids is 1. The molecule has 25 heavy (non-hydrogen) atoms. The lowest BCUT2D eigenvalue weighted by Crippen LogP contribution is -2.25. The van der Waals surface area contributed by atoms with Gasteiger partial charge in [-0.05, 0) is 61.4 Å². The summed E-state index contributed by atoms with van der Waals surface area (Å²) in [4.78, 5) is 18.8. The number of imidazole rings is 1. The molecule has 126 valence electrons. The van der Waals surface area contributed by atoms with E-state index in [9.17, 15) is 4.79 Å². The van der Waals surface area contributed by atoms with E-state index in [1.54, 1.807) is 23.5 Å². The molecule has 5 nitrogen and oxygen atoms in total. The van der Waals surface area contributed by atoms with Gasteiger partial charge in [0.25, 0.3) is 0 Å². The third kappa shape index (κ3) is 2.71. The van der Waals surface area contributed by atoms with E-state index in [0.29, 0.717) is 18.1 Å². The molecule has 0 fully saturated rings. The molecule has 1 aromatic carbocycles. The molecule has 1 unspecified atom stereocenters. The van der Waals surface area contributed by atoms with Gasteiger partial charge in [-0.25, -0.2) is 4.98 Å². The van der Waals surface area contributed by atoms with Crippen molar-refractivity contribution in [1.29, 1.82) is 5.26 Å². The fraction of sp³-hybridized carbons (Fsp3) is 0.316. The Labute approximate surface area is 149 Å². The first-order valence-corrected chi connectivity index (χ1v) is 9.36. The summed E-state index contributed by atoms with van der Waals surface area (Å²) in [7, 11) is 0. The molecule has 1 amide bonds. The number of amides is 1. The minimum Gasteiger partial charge on any atom is -0.310 e. The van der Waals surface area contributed by atoms with Gasteiger partial charge in [0.05, 0.1) is 28.6 Å². The molecule has 1 aliphatic carbocycles. The molecule has 3 aromatic rings. The lowest BCUT2D eigenvalue weighted by atomic mass is 9.87. The number of thiophene rings is 1. The zero-order valence-electron chi connectivity index (χ0n) is 14.0. The van der Waals surface area contributed by atoms with Crippen LogP contribution in [-0.2, 0) is 17.8 Å². The first-order valence-electron chi connectivity index (χ1n) is 8.48. The highest BCUT2D eigenvalue weighted by Gasteiger charge is 2.28. The van der Waals surface area contributed by atoms with Crippen molar-refractivity contribution < 1.29 is 4.79 Å². The number of nitrogens with zero attached hydrogens (tertiary/aromatic N) is 3. The van der Waals surface area contributed by atoms with Crippen LogP contribution in [0.2, 0.25) is 0 Å². The van der Waals surface area contributed by atoms with Crippen molar-refractivity contribution in [3.8, 4) is 6.07 Å². The van der Waals surface area contributed by atoms with Crippen LogP contribution in [0.25, 0.3) is 11.0 Å². The largest absolute Gasteiger partial charge is 0.310 e. The molecule has 0 aliphatic heterocycles. The zero-order chi connectivity index (χ0) is 17.4. The molecule has 6 heteroatoms. The van der Waals surface area contributed by atoms with Crippen LogP contribution in [0.3, 0.4) is 0 Å². The van der Waals surface area contributed by atoms with E-state index in [1.807, 2.05) is 17.6 Å². The lowest BCUT2D eigenvalue weighted by Gasteiger charge is -2.21. The minimum atomic E-state index is -0.102. The van der Waals surface area contributed by atoms with E-state index in [-0.39, 0.29) is 11.8 Å². The Bertz CT molecular complexity index is 995. The molecular weight excluding hydrogens is 332 g/mol. The second-order valence-electron chi connectivity index (χ2n) is 6.23. The first-order chi connectivity index (χ1) is 12.2.